The number of aliphatic carboxylic acids is 1. The quantitative estimate of drug-likeness (QED) is 0.368. The number of carbonyl (C=O) groups is 1. The van der Waals surface area contributed by atoms with Gasteiger partial charge in [0.25, 0.3) is 0 Å². The number of ether oxygens (including phenoxy) is 1. The number of carboxylic acid groups (broad SMARTS) is 1. The molecular weight excluding hydrogens is 414 g/mol. The molecule has 2 unspecified atom stereocenters. The van der Waals surface area contributed by atoms with Crippen LogP contribution in [0.5, 0.6) is 5.75 Å². The third-order valence-corrected chi connectivity index (χ3v) is 5.67. The maximum atomic E-state index is 11.2. The normalized spacial score (nSPS) is 12.5. The van der Waals surface area contributed by atoms with Gasteiger partial charge in [0.15, 0.2) is 0 Å². The fourth-order valence-corrected chi connectivity index (χ4v) is 4.03. The van der Waals surface area contributed by atoms with E-state index in [4.69, 9.17) is 4.74 Å². The molecule has 2 aromatic carbocycles. The second-order valence-corrected chi connectivity index (χ2v) is 7.85. The topological polar surface area (TPSA) is 88.1 Å². The predicted octanol–water partition coefficient (Wildman–Crippen LogP) is 5.21. The number of H-pyrrole nitrogens is 1. The van der Waals surface area contributed by atoms with Crippen molar-refractivity contribution in [1.82, 2.24) is 15.0 Å². The van der Waals surface area contributed by atoms with Crippen LogP contribution in [0.3, 0.4) is 0 Å². The Morgan fingerprint density at radius 2 is 1.97 bits per heavy atom. The third-order valence-electron chi connectivity index (χ3n) is 5.67. The van der Waals surface area contributed by atoms with Gasteiger partial charge in [0.05, 0.1) is 12.3 Å². The summed E-state index contributed by atoms with van der Waals surface area (Å²) in [5, 5.41) is 10.3. The van der Waals surface area contributed by atoms with E-state index in [-0.39, 0.29) is 18.4 Å². The molecule has 6 heteroatoms. The summed E-state index contributed by atoms with van der Waals surface area (Å²) in [5.74, 6) is 5.28. The first kappa shape index (κ1) is 22.1. The molecular formula is C27H25N3O3. The zero-order chi connectivity index (χ0) is 23.2. The summed E-state index contributed by atoms with van der Waals surface area (Å²) >= 11 is 0. The van der Waals surface area contributed by atoms with Crippen molar-refractivity contribution in [3.05, 3.63) is 89.6 Å². The molecule has 6 nitrogen and oxygen atoms in total. The zero-order valence-corrected chi connectivity index (χ0v) is 18.6. The third kappa shape index (κ3) is 5.21. The van der Waals surface area contributed by atoms with Crippen LogP contribution in [0.1, 0.15) is 47.8 Å². The molecule has 2 aromatic heterocycles. The number of carboxylic acids is 1. The van der Waals surface area contributed by atoms with E-state index in [9.17, 15) is 9.90 Å². The van der Waals surface area contributed by atoms with Crippen LogP contribution in [-0.2, 0) is 11.2 Å². The lowest BCUT2D eigenvalue weighted by molar-refractivity contribution is -0.137. The minimum Gasteiger partial charge on any atom is -0.485 e. The molecule has 33 heavy (non-hydrogen) atoms. The summed E-state index contributed by atoms with van der Waals surface area (Å²) in [4.78, 5) is 22.9. The molecule has 166 valence electrons. The Kier molecular flexibility index (Phi) is 6.70. The van der Waals surface area contributed by atoms with E-state index in [0.29, 0.717) is 12.2 Å². The number of hydrogen-bond acceptors (Lipinski definition) is 4. The number of rotatable bonds is 8. The zero-order valence-electron chi connectivity index (χ0n) is 18.6. The minimum absolute atomic E-state index is 0.0350. The van der Waals surface area contributed by atoms with Crippen LogP contribution < -0.4 is 4.74 Å². The molecule has 0 fully saturated rings. The molecule has 2 atom stereocenters. The summed E-state index contributed by atoms with van der Waals surface area (Å²) in [6.07, 6.45) is 5.50. The Hall–Kier alpha value is -4.11. The van der Waals surface area contributed by atoms with E-state index in [0.717, 1.165) is 33.3 Å². The van der Waals surface area contributed by atoms with Gasteiger partial charge in [-0.25, -0.2) is 9.97 Å². The van der Waals surface area contributed by atoms with Crippen molar-refractivity contribution < 1.29 is 14.6 Å². The smallest absolute Gasteiger partial charge is 0.304 e. The lowest BCUT2D eigenvalue weighted by atomic mass is 9.96. The van der Waals surface area contributed by atoms with Gasteiger partial charge in [-0.3, -0.25) is 4.79 Å². The molecule has 2 heterocycles. The highest BCUT2D eigenvalue weighted by Gasteiger charge is 2.20. The van der Waals surface area contributed by atoms with Crippen LogP contribution in [0, 0.1) is 18.8 Å². The van der Waals surface area contributed by atoms with Gasteiger partial charge in [-0.1, -0.05) is 30.2 Å². The molecule has 0 bridgehead atoms. The van der Waals surface area contributed by atoms with Gasteiger partial charge >= 0.3 is 5.97 Å². The van der Waals surface area contributed by atoms with E-state index in [2.05, 4.69) is 51.9 Å². The van der Waals surface area contributed by atoms with Crippen molar-refractivity contribution in [2.45, 2.75) is 38.7 Å². The first-order chi connectivity index (χ1) is 16.0. The van der Waals surface area contributed by atoms with Gasteiger partial charge in [0, 0.05) is 30.0 Å². The molecule has 4 aromatic rings. The highest BCUT2D eigenvalue weighted by Crippen LogP contribution is 2.32. The number of aryl methyl sites for hydroxylation is 1. The number of aromatic nitrogens is 3. The summed E-state index contributed by atoms with van der Waals surface area (Å²) in [7, 11) is 0. The van der Waals surface area contributed by atoms with Gasteiger partial charge in [0.2, 0.25) is 0 Å². The van der Waals surface area contributed by atoms with Crippen LogP contribution in [0.15, 0.2) is 67.3 Å². The van der Waals surface area contributed by atoms with Gasteiger partial charge in [0.1, 0.15) is 18.2 Å². The highest BCUT2D eigenvalue weighted by atomic mass is 16.5. The Morgan fingerprint density at radius 3 is 2.67 bits per heavy atom. The molecule has 2 N–H and O–H groups in total. The van der Waals surface area contributed by atoms with E-state index in [1.54, 1.807) is 19.4 Å². The molecule has 0 amide bonds. The molecule has 0 radical (unpaired) electrons. The first-order valence-electron chi connectivity index (χ1n) is 10.8. The van der Waals surface area contributed by atoms with E-state index in [1.807, 2.05) is 36.5 Å². The van der Waals surface area contributed by atoms with Crippen molar-refractivity contribution >= 4 is 16.9 Å². The average Bonchev–Trinajstić information content (AvgIpc) is 3.30. The van der Waals surface area contributed by atoms with Gasteiger partial charge in [-0.15, -0.1) is 5.92 Å². The van der Waals surface area contributed by atoms with Crippen molar-refractivity contribution in [2.24, 2.45) is 0 Å². The lowest BCUT2D eigenvalue weighted by Gasteiger charge is -2.22. The Morgan fingerprint density at radius 1 is 1.15 bits per heavy atom. The Bertz CT molecular complexity index is 1300. The van der Waals surface area contributed by atoms with Gasteiger partial charge in [-0.05, 0) is 60.2 Å². The van der Waals surface area contributed by atoms with Crippen molar-refractivity contribution in [3.8, 4) is 17.6 Å². The number of benzene rings is 2. The molecule has 0 spiro atoms. The maximum absolute atomic E-state index is 11.2. The summed E-state index contributed by atoms with van der Waals surface area (Å²) < 4.78 is 6.46. The fraction of sp³-hybridized carbons (Fsp3) is 0.222. The molecule has 4 rings (SSSR count). The van der Waals surface area contributed by atoms with E-state index in [1.165, 1.54) is 0 Å². The van der Waals surface area contributed by atoms with E-state index < -0.39 is 5.97 Å². The fourth-order valence-electron chi connectivity index (χ4n) is 4.03. The summed E-state index contributed by atoms with van der Waals surface area (Å²) in [5.41, 5.74) is 5.04. The molecule has 0 saturated heterocycles. The van der Waals surface area contributed by atoms with E-state index >= 15 is 0 Å². The van der Waals surface area contributed by atoms with Crippen LogP contribution in [0.2, 0.25) is 0 Å². The van der Waals surface area contributed by atoms with Crippen LogP contribution in [-0.4, -0.2) is 26.0 Å². The minimum atomic E-state index is -0.872. The van der Waals surface area contributed by atoms with Gasteiger partial charge in [-0.2, -0.15) is 0 Å². The second-order valence-electron chi connectivity index (χ2n) is 7.85. The van der Waals surface area contributed by atoms with Crippen LogP contribution in [0.25, 0.3) is 10.9 Å². The number of aromatic amines is 1. The van der Waals surface area contributed by atoms with Crippen molar-refractivity contribution in [1.29, 1.82) is 0 Å². The second kappa shape index (κ2) is 10.0. The number of hydrogen-bond donors (Lipinski definition) is 2. The van der Waals surface area contributed by atoms with Crippen molar-refractivity contribution in [2.75, 3.05) is 0 Å². The average molecular weight is 440 g/mol. The molecule has 0 aliphatic carbocycles. The largest absolute Gasteiger partial charge is 0.485 e. The number of fused-ring (bicyclic) bond motifs is 1. The maximum Gasteiger partial charge on any atom is 0.304 e. The molecule has 0 aliphatic rings. The highest BCUT2D eigenvalue weighted by molar-refractivity contribution is 5.83. The molecule has 0 saturated carbocycles. The van der Waals surface area contributed by atoms with Gasteiger partial charge < -0.3 is 14.8 Å². The van der Waals surface area contributed by atoms with Crippen LogP contribution >= 0.6 is 0 Å². The molecule has 0 aliphatic heterocycles. The SMILES string of the molecule is CC#CC(CC(=O)O)c1ccc(OC(Cc2ccncn2)c2ccc3cc[nH]c3c2C)cc1. The number of nitrogens with zero attached hydrogens (tertiary/aromatic N) is 2. The predicted molar refractivity (Wildman–Crippen MR) is 127 cm³/mol. The monoisotopic (exact) mass is 439 g/mol. The number of nitrogens with one attached hydrogen (secondary N) is 1. The van der Waals surface area contributed by atoms with Crippen LogP contribution in [0.4, 0.5) is 0 Å². The Balaban J connectivity index is 1.64. The van der Waals surface area contributed by atoms with Crippen molar-refractivity contribution in [3.63, 3.8) is 0 Å². The standard InChI is InChI=1S/C27H25N3O3/c1-3-4-21(15-26(31)32)19-5-8-23(9-6-19)33-25(16-22-12-13-28-17-30-22)24-10-7-20-11-14-29-27(20)18(24)2/h5-14,17,21,25,29H,15-16H2,1-2H3,(H,31,32). The Labute approximate surface area is 192 Å². The first-order valence-corrected chi connectivity index (χ1v) is 10.8. The lowest BCUT2D eigenvalue weighted by Crippen LogP contribution is -2.13. The summed E-state index contributed by atoms with van der Waals surface area (Å²) in [6, 6.07) is 15.7. The summed E-state index contributed by atoms with van der Waals surface area (Å²) in [6.45, 7) is 3.81.